The Bertz CT molecular complexity index is 2810. The maximum Gasteiger partial charge on any atom is 0.159 e. The molecule has 0 saturated heterocycles. The van der Waals surface area contributed by atoms with Crippen molar-refractivity contribution in [2.24, 2.45) is 0 Å². The smallest absolute Gasteiger partial charge is 0.159 e. The Morgan fingerprint density at radius 1 is 0.447 bits per heavy atom. The van der Waals surface area contributed by atoms with E-state index in [1.165, 1.54) is 52.8 Å². The maximum atomic E-state index is 6.79. The number of fused-ring (bicyclic) bond motifs is 9. The summed E-state index contributed by atoms with van der Waals surface area (Å²) in [6.45, 7) is 0. The first-order valence-corrected chi connectivity index (χ1v) is 16.8. The lowest BCUT2D eigenvalue weighted by atomic mass is 9.96. The van der Waals surface area contributed by atoms with Crippen LogP contribution >= 0.6 is 11.3 Å². The van der Waals surface area contributed by atoms with Crippen molar-refractivity contribution in [2.75, 3.05) is 4.90 Å². The standard InChI is InChI=1S/C44H27NOS/c1-2-13-28(14-3-1)31-25-26-37-35-20-9-11-24-41(35)47-44(37)42(31)45(38-22-12-21-36-34-19-8-10-23-40(34)46-43(36)38)39-27-29-15-4-5-16-30(29)32-17-6-7-18-33(32)39/h1-27H. The molecule has 0 saturated carbocycles. The highest BCUT2D eigenvalue weighted by Gasteiger charge is 2.27. The van der Waals surface area contributed by atoms with Gasteiger partial charge in [0.05, 0.1) is 21.8 Å². The molecule has 2 nitrogen and oxygen atoms in total. The van der Waals surface area contributed by atoms with Crippen molar-refractivity contribution in [3.05, 3.63) is 164 Å². The molecule has 0 atom stereocenters. The van der Waals surface area contributed by atoms with E-state index in [9.17, 15) is 0 Å². The van der Waals surface area contributed by atoms with Crippen molar-refractivity contribution < 1.29 is 4.42 Å². The number of anilines is 3. The van der Waals surface area contributed by atoms with E-state index in [1.807, 2.05) is 17.4 Å². The minimum atomic E-state index is 0.878. The molecule has 47 heavy (non-hydrogen) atoms. The second-order valence-corrected chi connectivity index (χ2v) is 13.1. The molecule has 0 bridgehead atoms. The average Bonchev–Trinajstić information content (AvgIpc) is 3.71. The van der Waals surface area contributed by atoms with Crippen LogP contribution in [0.3, 0.4) is 0 Å². The van der Waals surface area contributed by atoms with Gasteiger partial charge in [0, 0.05) is 37.2 Å². The predicted octanol–water partition coefficient (Wildman–Crippen LogP) is 13.4. The molecule has 2 aromatic heterocycles. The van der Waals surface area contributed by atoms with Crippen LogP contribution in [0.1, 0.15) is 0 Å². The SMILES string of the molecule is c1ccc(-c2ccc3c(sc4ccccc43)c2N(c2cc3ccccc3c3ccccc23)c2cccc3c2oc2ccccc23)cc1. The van der Waals surface area contributed by atoms with Gasteiger partial charge in [0.2, 0.25) is 0 Å². The van der Waals surface area contributed by atoms with Crippen LogP contribution in [0, 0.1) is 0 Å². The lowest BCUT2D eigenvalue weighted by Crippen LogP contribution is -2.12. The lowest BCUT2D eigenvalue weighted by molar-refractivity contribution is 0.669. The molecule has 0 radical (unpaired) electrons. The van der Waals surface area contributed by atoms with Crippen LogP contribution in [0.25, 0.3) is 74.8 Å². The number of nitrogens with zero attached hydrogens (tertiary/aromatic N) is 1. The number of thiophene rings is 1. The third-order valence-electron chi connectivity index (χ3n) is 9.44. The molecular weight excluding hydrogens is 591 g/mol. The lowest BCUT2D eigenvalue weighted by Gasteiger charge is -2.30. The van der Waals surface area contributed by atoms with E-state index in [2.05, 4.69) is 163 Å². The molecule has 0 spiro atoms. The number of hydrogen-bond donors (Lipinski definition) is 0. The van der Waals surface area contributed by atoms with Gasteiger partial charge in [0.25, 0.3) is 0 Å². The Balaban J connectivity index is 1.43. The summed E-state index contributed by atoms with van der Waals surface area (Å²) in [6, 6.07) is 59.0. The third-order valence-corrected chi connectivity index (χ3v) is 10.6. The summed E-state index contributed by atoms with van der Waals surface area (Å²) < 4.78 is 9.31. The van der Waals surface area contributed by atoms with Gasteiger partial charge in [-0.25, -0.2) is 0 Å². The second-order valence-electron chi connectivity index (χ2n) is 12.1. The predicted molar refractivity (Wildman–Crippen MR) is 202 cm³/mol. The summed E-state index contributed by atoms with van der Waals surface area (Å²) in [5, 5.41) is 9.63. The number of rotatable bonds is 4. The molecule has 8 aromatic carbocycles. The molecule has 0 unspecified atom stereocenters. The molecule has 10 rings (SSSR count). The quantitative estimate of drug-likeness (QED) is 0.183. The van der Waals surface area contributed by atoms with Gasteiger partial charge >= 0.3 is 0 Å². The first-order chi connectivity index (χ1) is 23.3. The monoisotopic (exact) mass is 617 g/mol. The zero-order chi connectivity index (χ0) is 30.9. The Hall–Kier alpha value is -5.90. The van der Waals surface area contributed by atoms with Crippen LogP contribution in [0.5, 0.6) is 0 Å². The van der Waals surface area contributed by atoms with Crippen LogP contribution in [0.4, 0.5) is 17.1 Å². The molecule has 0 amide bonds. The molecule has 0 aliphatic heterocycles. The van der Waals surface area contributed by atoms with Gasteiger partial charge in [-0.05, 0) is 46.0 Å². The summed E-state index contributed by atoms with van der Waals surface area (Å²) in [7, 11) is 0. The van der Waals surface area contributed by atoms with Crippen molar-refractivity contribution in [1.29, 1.82) is 0 Å². The average molecular weight is 618 g/mol. The molecule has 2 heterocycles. The highest BCUT2D eigenvalue weighted by molar-refractivity contribution is 7.26. The Morgan fingerprint density at radius 2 is 1.13 bits per heavy atom. The van der Waals surface area contributed by atoms with Crippen LogP contribution in [-0.2, 0) is 0 Å². The van der Waals surface area contributed by atoms with Gasteiger partial charge in [0.15, 0.2) is 5.58 Å². The zero-order valence-electron chi connectivity index (χ0n) is 25.4. The van der Waals surface area contributed by atoms with Crippen LogP contribution in [-0.4, -0.2) is 0 Å². The Labute approximate surface area is 275 Å². The van der Waals surface area contributed by atoms with Gasteiger partial charge in [-0.3, -0.25) is 0 Å². The van der Waals surface area contributed by atoms with Gasteiger partial charge < -0.3 is 9.32 Å². The van der Waals surface area contributed by atoms with E-state index in [4.69, 9.17) is 4.42 Å². The van der Waals surface area contributed by atoms with Crippen molar-refractivity contribution in [3.63, 3.8) is 0 Å². The Kier molecular flexibility index (Phi) is 5.78. The summed E-state index contributed by atoms with van der Waals surface area (Å²) in [5.41, 5.74) is 7.41. The van der Waals surface area contributed by atoms with E-state index in [0.717, 1.165) is 39.0 Å². The second kappa shape index (κ2) is 10.3. The van der Waals surface area contributed by atoms with Crippen molar-refractivity contribution in [1.82, 2.24) is 0 Å². The summed E-state index contributed by atoms with van der Waals surface area (Å²) >= 11 is 1.86. The molecule has 0 N–H and O–H groups in total. The molecular formula is C44H27NOS. The molecule has 10 aromatic rings. The van der Waals surface area contributed by atoms with Crippen molar-refractivity contribution >= 4 is 92.1 Å². The first-order valence-electron chi connectivity index (χ1n) is 15.9. The minimum Gasteiger partial charge on any atom is -0.454 e. The van der Waals surface area contributed by atoms with Crippen molar-refractivity contribution in [3.8, 4) is 11.1 Å². The number of furan rings is 1. The summed E-state index contributed by atoms with van der Waals surface area (Å²) in [6.07, 6.45) is 0. The summed E-state index contributed by atoms with van der Waals surface area (Å²) in [4.78, 5) is 2.49. The van der Waals surface area contributed by atoms with E-state index in [-0.39, 0.29) is 0 Å². The van der Waals surface area contributed by atoms with Gasteiger partial charge in [-0.2, -0.15) is 0 Å². The van der Waals surface area contributed by atoms with E-state index >= 15 is 0 Å². The fraction of sp³-hybridized carbons (Fsp3) is 0. The molecule has 0 fully saturated rings. The number of hydrogen-bond acceptors (Lipinski definition) is 3. The number of benzene rings is 8. The maximum absolute atomic E-state index is 6.79. The molecule has 0 aliphatic rings. The van der Waals surface area contributed by atoms with Gasteiger partial charge in [-0.1, -0.05) is 140 Å². The number of para-hydroxylation sites is 2. The largest absolute Gasteiger partial charge is 0.454 e. The van der Waals surface area contributed by atoms with Gasteiger partial charge in [0.1, 0.15) is 5.58 Å². The topological polar surface area (TPSA) is 16.4 Å². The normalized spacial score (nSPS) is 11.8. The van der Waals surface area contributed by atoms with Crippen LogP contribution in [0.15, 0.2) is 168 Å². The minimum absolute atomic E-state index is 0.878. The fourth-order valence-corrected chi connectivity index (χ4v) is 8.59. The van der Waals surface area contributed by atoms with E-state index < -0.39 is 0 Å². The van der Waals surface area contributed by atoms with Crippen LogP contribution in [0.2, 0.25) is 0 Å². The molecule has 220 valence electrons. The van der Waals surface area contributed by atoms with E-state index in [0.29, 0.717) is 0 Å². The molecule has 0 aliphatic carbocycles. The summed E-state index contributed by atoms with van der Waals surface area (Å²) in [5.74, 6) is 0. The van der Waals surface area contributed by atoms with Gasteiger partial charge in [-0.15, -0.1) is 11.3 Å². The Morgan fingerprint density at radius 3 is 2.00 bits per heavy atom. The zero-order valence-corrected chi connectivity index (χ0v) is 26.2. The van der Waals surface area contributed by atoms with E-state index in [1.54, 1.807) is 0 Å². The van der Waals surface area contributed by atoms with Crippen LogP contribution < -0.4 is 4.90 Å². The molecule has 3 heteroatoms. The fourth-order valence-electron chi connectivity index (χ4n) is 7.35. The first kappa shape index (κ1) is 26.3. The highest BCUT2D eigenvalue weighted by atomic mass is 32.1. The highest BCUT2D eigenvalue weighted by Crippen LogP contribution is 2.53. The third kappa shape index (κ3) is 3.97. The van der Waals surface area contributed by atoms with Crippen molar-refractivity contribution in [2.45, 2.75) is 0 Å².